The van der Waals surface area contributed by atoms with Gasteiger partial charge in [-0.25, -0.2) is 0 Å². The third-order valence-corrected chi connectivity index (χ3v) is 9.97. The number of fused-ring (bicyclic) bond motifs is 3. The lowest BCUT2D eigenvalue weighted by atomic mass is 9.59. The van der Waals surface area contributed by atoms with Crippen LogP contribution < -0.4 is 4.74 Å². The zero-order chi connectivity index (χ0) is 26.0. The Labute approximate surface area is 225 Å². The number of Topliss-reactive ketones (excluding diaryl/α,β-unsaturated/α-hetero) is 1. The van der Waals surface area contributed by atoms with E-state index in [4.69, 9.17) is 4.74 Å². The van der Waals surface area contributed by atoms with E-state index in [1.807, 2.05) is 13.0 Å². The maximum Gasteiger partial charge on any atom is 0.233 e. The highest BCUT2D eigenvalue weighted by Crippen LogP contribution is 2.57. The molecule has 3 aliphatic carbocycles. The van der Waals surface area contributed by atoms with Crippen molar-refractivity contribution in [2.45, 2.75) is 39.0 Å². The average Bonchev–Trinajstić information content (AvgIpc) is 3.10. The van der Waals surface area contributed by atoms with E-state index in [2.05, 4.69) is 31.9 Å². The molecule has 5 rings (SSSR count). The number of aromatic hydroxyl groups is 1. The molecule has 7 nitrogen and oxygen atoms in total. The number of amides is 2. The minimum atomic E-state index is -0.636. The Bertz CT molecular complexity index is 1340. The second kappa shape index (κ2) is 9.10. The van der Waals surface area contributed by atoms with Crippen LogP contribution in [0, 0.1) is 17.8 Å². The van der Waals surface area contributed by atoms with E-state index in [1.54, 1.807) is 13.0 Å². The summed E-state index contributed by atoms with van der Waals surface area (Å²) in [6, 6.07) is 1.66. The molecule has 1 N–H and O–H groups in total. The van der Waals surface area contributed by atoms with Gasteiger partial charge in [0.05, 0.1) is 23.4 Å². The number of ketones is 2. The van der Waals surface area contributed by atoms with Crippen molar-refractivity contribution in [1.29, 1.82) is 0 Å². The Morgan fingerprint density at radius 2 is 1.83 bits per heavy atom. The van der Waals surface area contributed by atoms with Gasteiger partial charge in [0.2, 0.25) is 11.8 Å². The Morgan fingerprint density at radius 1 is 1.11 bits per heavy atom. The molecular formula is C27H25Br2NO6. The van der Waals surface area contributed by atoms with Gasteiger partial charge < -0.3 is 9.84 Å². The molecule has 1 aliphatic heterocycles. The fourth-order valence-corrected chi connectivity index (χ4v) is 7.16. The van der Waals surface area contributed by atoms with Crippen LogP contribution in [0.4, 0.5) is 0 Å². The first-order chi connectivity index (χ1) is 17.1. The second-order valence-electron chi connectivity index (χ2n) is 9.70. The molecule has 0 bridgehead atoms. The summed E-state index contributed by atoms with van der Waals surface area (Å²) in [4.78, 5) is 54.7. The molecule has 1 aromatic carbocycles. The zero-order valence-electron chi connectivity index (χ0n) is 20.1. The molecule has 1 saturated heterocycles. The van der Waals surface area contributed by atoms with Crippen LogP contribution >= 0.6 is 31.9 Å². The molecule has 0 aromatic heterocycles. The van der Waals surface area contributed by atoms with Crippen molar-refractivity contribution in [2.75, 3.05) is 13.7 Å². The number of benzene rings is 1. The van der Waals surface area contributed by atoms with Crippen LogP contribution in [0.5, 0.6) is 11.5 Å². The largest absolute Gasteiger partial charge is 0.503 e. The zero-order valence-corrected chi connectivity index (χ0v) is 23.2. The number of rotatable bonds is 4. The lowest BCUT2D eigenvalue weighted by molar-refractivity contribution is -0.140. The number of allylic oxidation sites excluding steroid dienone is 6. The minimum Gasteiger partial charge on any atom is -0.503 e. The number of likely N-dealkylation sites (tertiary alicyclic amines) is 1. The van der Waals surface area contributed by atoms with Gasteiger partial charge in [-0.2, -0.15) is 0 Å². The van der Waals surface area contributed by atoms with Crippen LogP contribution in [-0.4, -0.2) is 47.0 Å². The summed E-state index contributed by atoms with van der Waals surface area (Å²) in [5, 5.41) is 10.5. The van der Waals surface area contributed by atoms with Crippen LogP contribution in [0.2, 0.25) is 0 Å². The van der Waals surface area contributed by atoms with E-state index in [-0.39, 0.29) is 47.2 Å². The smallest absolute Gasteiger partial charge is 0.233 e. The average molecular weight is 619 g/mol. The predicted molar refractivity (Wildman–Crippen MR) is 138 cm³/mol. The predicted octanol–water partition coefficient (Wildman–Crippen LogP) is 4.77. The minimum absolute atomic E-state index is 0.0960. The number of hydrogen-bond acceptors (Lipinski definition) is 6. The van der Waals surface area contributed by atoms with Gasteiger partial charge in [0, 0.05) is 33.7 Å². The molecule has 1 fully saturated rings. The molecule has 4 unspecified atom stereocenters. The van der Waals surface area contributed by atoms with E-state index < -0.39 is 17.8 Å². The van der Waals surface area contributed by atoms with E-state index in [1.165, 1.54) is 18.1 Å². The molecule has 4 aliphatic rings. The van der Waals surface area contributed by atoms with E-state index >= 15 is 0 Å². The Kier molecular flexibility index (Phi) is 6.35. The van der Waals surface area contributed by atoms with Crippen LogP contribution in [-0.2, 0) is 19.2 Å². The number of carbonyl (C=O) groups excluding carboxylic acids is 4. The van der Waals surface area contributed by atoms with Gasteiger partial charge in [-0.05, 0) is 81.7 Å². The van der Waals surface area contributed by atoms with E-state index in [0.717, 1.165) is 5.57 Å². The van der Waals surface area contributed by atoms with Gasteiger partial charge in [-0.3, -0.25) is 24.1 Å². The van der Waals surface area contributed by atoms with Crippen molar-refractivity contribution in [2.24, 2.45) is 17.8 Å². The number of phenols is 1. The maximum absolute atomic E-state index is 13.5. The van der Waals surface area contributed by atoms with Crippen molar-refractivity contribution in [3.8, 4) is 11.5 Å². The maximum atomic E-state index is 13.5. The summed E-state index contributed by atoms with van der Waals surface area (Å²) in [7, 11) is 1.44. The first kappa shape index (κ1) is 25.1. The third-order valence-electron chi connectivity index (χ3n) is 7.81. The molecule has 0 saturated carbocycles. The molecule has 188 valence electrons. The summed E-state index contributed by atoms with van der Waals surface area (Å²) in [6.45, 7) is 3.92. The standard InChI is InChI=1S/C27H25Br2NO6/c1-4-7-30-26(34)13-6-5-12-14(20(13)27(30)35)9-15-17(31)8-11(2)24(32)21(15)19(12)16-10-18(36-3)25(33)23(29)22(16)28/h5,8,10,13-14,19-20,33H,4,6-7,9H2,1-3H3. The third kappa shape index (κ3) is 3.49. The fraction of sp³-hybridized carbons (Fsp3) is 0.407. The van der Waals surface area contributed by atoms with Gasteiger partial charge in [-0.15, -0.1) is 0 Å². The Hall–Kier alpha value is -2.52. The number of hydrogen-bond donors (Lipinski definition) is 1. The van der Waals surface area contributed by atoms with Gasteiger partial charge in [0.15, 0.2) is 23.1 Å². The van der Waals surface area contributed by atoms with Crippen LogP contribution in [0.25, 0.3) is 0 Å². The van der Waals surface area contributed by atoms with Crippen molar-refractivity contribution < 1.29 is 29.0 Å². The van der Waals surface area contributed by atoms with Crippen LogP contribution in [0.1, 0.15) is 44.6 Å². The van der Waals surface area contributed by atoms with Crippen molar-refractivity contribution >= 4 is 55.2 Å². The molecule has 36 heavy (non-hydrogen) atoms. The first-order valence-corrected chi connectivity index (χ1v) is 13.5. The fourth-order valence-electron chi connectivity index (χ4n) is 6.20. The molecule has 4 atom stereocenters. The summed E-state index contributed by atoms with van der Waals surface area (Å²) in [5.41, 5.74) is 2.63. The molecule has 0 radical (unpaired) electrons. The lowest BCUT2D eigenvalue weighted by Gasteiger charge is -2.42. The monoisotopic (exact) mass is 617 g/mol. The quantitative estimate of drug-likeness (QED) is 0.297. The number of imide groups is 1. The second-order valence-corrected chi connectivity index (χ2v) is 11.3. The van der Waals surface area contributed by atoms with Gasteiger partial charge in [-0.1, -0.05) is 18.6 Å². The number of nitrogens with zero attached hydrogens (tertiary/aromatic N) is 1. The molecule has 9 heteroatoms. The number of ether oxygens (including phenoxy) is 1. The van der Waals surface area contributed by atoms with Crippen molar-refractivity contribution in [3.05, 3.63) is 55.0 Å². The topological polar surface area (TPSA) is 101 Å². The van der Waals surface area contributed by atoms with E-state index in [0.29, 0.717) is 50.6 Å². The van der Waals surface area contributed by atoms with E-state index in [9.17, 15) is 24.3 Å². The van der Waals surface area contributed by atoms with Crippen LogP contribution in [0.15, 0.2) is 49.5 Å². The molecule has 1 aromatic rings. The summed E-state index contributed by atoms with van der Waals surface area (Å²) < 4.78 is 6.27. The van der Waals surface area contributed by atoms with Crippen molar-refractivity contribution in [3.63, 3.8) is 0 Å². The van der Waals surface area contributed by atoms with Gasteiger partial charge >= 0.3 is 0 Å². The molecule has 1 heterocycles. The molecular weight excluding hydrogens is 594 g/mol. The molecule has 0 spiro atoms. The van der Waals surface area contributed by atoms with Crippen LogP contribution in [0.3, 0.4) is 0 Å². The number of carbonyl (C=O) groups is 4. The number of phenolic OH excluding ortho intramolecular Hbond substituents is 1. The van der Waals surface area contributed by atoms with Gasteiger partial charge in [0.25, 0.3) is 0 Å². The van der Waals surface area contributed by atoms with Gasteiger partial charge in [0.1, 0.15) is 0 Å². The SMILES string of the molecule is CCCN1C(=O)C2CC=C3C(c4cc(OC)c(O)c(Br)c4Br)C4=C(CC3C2C1=O)C(=O)C=C(C)C4=O. The normalized spacial score (nSPS) is 27.5. The Morgan fingerprint density at radius 3 is 2.50 bits per heavy atom. The number of methoxy groups -OCH3 is 1. The Balaban J connectivity index is 1.74. The highest BCUT2D eigenvalue weighted by molar-refractivity contribution is 9.13. The highest BCUT2D eigenvalue weighted by atomic mass is 79.9. The highest BCUT2D eigenvalue weighted by Gasteiger charge is 2.56. The lowest BCUT2D eigenvalue weighted by Crippen LogP contribution is -2.40. The number of halogens is 2. The summed E-state index contributed by atoms with van der Waals surface area (Å²) >= 11 is 6.98. The first-order valence-electron chi connectivity index (χ1n) is 11.9. The van der Waals surface area contributed by atoms with Crippen molar-refractivity contribution in [1.82, 2.24) is 4.90 Å². The summed E-state index contributed by atoms with van der Waals surface area (Å²) in [5.74, 6) is -2.76. The summed E-state index contributed by atoms with van der Waals surface area (Å²) in [6.07, 6.45) is 4.64. The molecule has 2 amide bonds.